The van der Waals surface area contributed by atoms with Crippen LogP contribution in [0.2, 0.25) is 0 Å². The quantitative estimate of drug-likeness (QED) is 0.730. The van der Waals surface area contributed by atoms with Gasteiger partial charge >= 0.3 is 6.18 Å². The Bertz CT molecular complexity index is 370. The van der Waals surface area contributed by atoms with Crippen molar-refractivity contribution in [2.45, 2.75) is 25.9 Å². The summed E-state index contributed by atoms with van der Waals surface area (Å²) in [5.74, 6) is -0.771. The lowest BCUT2D eigenvalue weighted by atomic mass is 9.84. The number of hydrogen-bond acceptors (Lipinski definition) is 2. The van der Waals surface area contributed by atoms with E-state index in [1.54, 1.807) is 0 Å². The lowest BCUT2D eigenvalue weighted by Crippen LogP contribution is -2.54. The summed E-state index contributed by atoms with van der Waals surface area (Å²) in [5.41, 5.74) is -1.26. The average molecular weight is 262 g/mol. The van der Waals surface area contributed by atoms with Gasteiger partial charge in [0, 0.05) is 19.6 Å². The Hall–Kier alpha value is -1.04. The van der Waals surface area contributed by atoms with Crippen LogP contribution >= 0.6 is 0 Å². The second kappa shape index (κ2) is 4.57. The van der Waals surface area contributed by atoms with Crippen molar-refractivity contribution < 1.29 is 18.0 Å². The predicted octanol–water partition coefficient (Wildman–Crippen LogP) is 1.71. The van der Waals surface area contributed by atoms with Gasteiger partial charge in [0.2, 0.25) is 5.91 Å². The Morgan fingerprint density at radius 3 is 2.72 bits per heavy atom. The Balaban J connectivity index is 2.22. The van der Waals surface area contributed by atoms with Crippen LogP contribution in [0.3, 0.4) is 0 Å². The first kappa shape index (κ1) is 13.4. The molecule has 2 rings (SSSR count). The minimum atomic E-state index is -4.48. The van der Waals surface area contributed by atoms with Crippen LogP contribution in [0.5, 0.6) is 0 Å². The molecule has 6 heteroatoms. The first-order valence-corrected chi connectivity index (χ1v) is 6.09. The van der Waals surface area contributed by atoms with Crippen LogP contribution in [0.4, 0.5) is 13.2 Å². The van der Waals surface area contributed by atoms with Crippen molar-refractivity contribution in [2.75, 3.05) is 26.2 Å². The van der Waals surface area contributed by atoms with Gasteiger partial charge in [-0.1, -0.05) is 11.6 Å². The van der Waals surface area contributed by atoms with Gasteiger partial charge in [-0.15, -0.1) is 0 Å². The largest absolute Gasteiger partial charge is 0.404 e. The molecule has 102 valence electrons. The number of carbonyl (C=O) groups is 1. The van der Waals surface area contributed by atoms with Gasteiger partial charge in [0.25, 0.3) is 0 Å². The van der Waals surface area contributed by atoms with E-state index in [-0.39, 0.29) is 19.5 Å². The average Bonchev–Trinajstić information content (AvgIpc) is 2.77. The molecule has 0 aliphatic carbocycles. The molecule has 1 saturated heterocycles. The van der Waals surface area contributed by atoms with E-state index in [2.05, 4.69) is 5.32 Å². The van der Waals surface area contributed by atoms with Crippen molar-refractivity contribution in [3.8, 4) is 0 Å². The highest BCUT2D eigenvalue weighted by molar-refractivity contribution is 5.84. The van der Waals surface area contributed by atoms with Crippen molar-refractivity contribution >= 4 is 5.91 Å². The van der Waals surface area contributed by atoms with Crippen LogP contribution in [-0.2, 0) is 4.79 Å². The Kier molecular flexibility index (Phi) is 3.40. The molecule has 3 nitrogen and oxygen atoms in total. The highest BCUT2D eigenvalue weighted by Gasteiger charge is 2.62. The third-order valence-corrected chi connectivity index (χ3v) is 3.73. The fraction of sp³-hybridized carbons (Fsp3) is 0.750. The highest BCUT2D eigenvalue weighted by atomic mass is 19.4. The summed E-state index contributed by atoms with van der Waals surface area (Å²) in [4.78, 5) is 13.6. The zero-order valence-corrected chi connectivity index (χ0v) is 10.3. The zero-order valence-electron chi connectivity index (χ0n) is 10.3. The molecule has 2 heterocycles. The molecule has 1 N–H and O–H groups in total. The van der Waals surface area contributed by atoms with E-state index in [9.17, 15) is 18.0 Å². The van der Waals surface area contributed by atoms with Crippen LogP contribution < -0.4 is 5.32 Å². The second-order valence-electron chi connectivity index (χ2n) is 5.07. The monoisotopic (exact) mass is 262 g/mol. The molecule has 2 aliphatic heterocycles. The van der Waals surface area contributed by atoms with E-state index >= 15 is 0 Å². The minimum Gasteiger partial charge on any atom is -0.338 e. The fourth-order valence-corrected chi connectivity index (χ4v) is 2.63. The van der Waals surface area contributed by atoms with Gasteiger partial charge in [-0.25, -0.2) is 0 Å². The fourth-order valence-electron chi connectivity index (χ4n) is 2.63. The van der Waals surface area contributed by atoms with Crippen molar-refractivity contribution in [3.05, 3.63) is 11.6 Å². The maximum absolute atomic E-state index is 13.2. The third kappa shape index (κ3) is 2.13. The number of hydrogen-bond donors (Lipinski definition) is 1. The van der Waals surface area contributed by atoms with E-state index < -0.39 is 17.5 Å². The molecule has 1 unspecified atom stereocenters. The first-order chi connectivity index (χ1) is 8.37. The first-order valence-electron chi connectivity index (χ1n) is 6.09. The highest BCUT2D eigenvalue weighted by Crippen LogP contribution is 2.44. The van der Waals surface area contributed by atoms with E-state index in [1.165, 1.54) is 4.90 Å². The number of halogens is 3. The lowest BCUT2D eigenvalue weighted by molar-refractivity contribution is -0.221. The summed E-state index contributed by atoms with van der Waals surface area (Å²) in [6.45, 7) is 2.49. The van der Waals surface area contributed by atoms with Gasteiger partial charge in [0.15, 0.2) is 5.41 Å². The van der Waals surface area contributed by atoms with Gasteiger partial charge in [-0.2, -0.15) is 13.2 Å². The molecule has 1 amide bonds. The Morgan fingerprint density at radius 1 is 1.50 bits per heavy atom. The van der Waals surface area contributed by atoms with Crippen LogP contribution in [0.25, 0.3) is 0 Å². The predicted molar refractivity (Wildman–Crippen MR) is 60.9 cm³/mol. The van der Waals surface area contributed by atoms with Gasteiger partial charge in [-0.3, -0.25) is 4.79 Å². The van der Waals surface area contributed by atoms with Gasteiger partial charge in [0.1, 0.15) is 0 Å². The minimum absolute atomic E-state index is 0.158. The molecule has 0 spiro atoms. The molecule has 2 aliphatic rings. The number of nitrogens with one attached hydrogen (secondary N) is 1. The van der Waals surface area contributed by atoms with Gasteiger partial charge in [-0.05, 0) is 26.3 Å². The summed E-state index contributed by atoms with van der Waals surface area (Å²) in [6, 6.07) is 0. The van der Waals surface area contributed by atoms with Crippen molar-refractivity contribution in [1.29, 1.82) is 0 Å². The maximum atomic E-state index is 13.2. The smallest absolute Gasteiger partial charge is 0.338 e. The number of amides is 1. The van der Waals surface area contributed by atoms with E-state index in [1.807, 2.05) is 13.0 Å². The standard InChI is InChI=1S/C12H17F3N2O/c1-9-3-2-6-17(7-9)10(18)11(12(13,14)15)4-5-16-8-11/h3,16H,2,4-8H2,1H3. The molecular weight excluding hydrogens is 245 g/mol. The SMILES string of the molecule is CC1=CCCN(C(=O)C2(C(F)(F)F)CCNC2)C1. The Labute approximate surface area is 104 Å². The molecule has 0 aromatic heterocycles. The van der Waals surface area contributed by atoms with Crippen molar-refractivity contribution in [2.24, 2.45) is 5.41 Å². The summed E-state index contributed by atoms with van der Waals surface area (Å²) in [5, 5.41) is 2.67. The molecule has 1 fully saturated rings. The summed E-state index contributed by atoms with van der Waals surface area (Å²) >= 11 is 0. The van der Waals surface area contributed by atoms with Crippen LogP contribution in [0.1, 0.15) is 19.8 Å². The molecule has 0 aromatic rings. The second-order valence-corrected chi connectivity index (χ2v) is 5.07. The van der Waals surface area contributed by atoms with Crippen LogP contribution in [-0.4, -0.2) is 43.2 Å². The molecule has 0 saturated carbocycles. The van der Waals surface area contributed by atoms with Gasteiger partial charge < -0.3 is 10.2 Å². The van der Waals surface area contributed by atoms with Crippen LogP contribution in [0, 0.1) is 5.41 Å². The number of rotatable bonds is 1. The Morgan fingerprint density at radius 2 is 2.22 bits per heavy atom. The third-order valence-electron chi connectivity index (χ3n) is 3.73. The molecular formula is C12H17F3N2O. The van der Waals surface area contributed by atoms with E-state index in [4.69, 9.17) is 0 Å². The molecule has 18 heavy (non-hydrogen) atoms. The van der Waals surface area contributed by atoms with E-state index in [0.717, 1.165) is 5.57 Å². The molecule has 0 aromatic carbocycles. The van der Waals surface area contributed by atoms with Crippen LogP contribution in [0.15, 0.2) is 11.6 Å². The maximum Gasteiger partial charge on any atom is 0.404 e. The summed E-state index contributed by atoms with van der Waals surface area (Å²) < 4.78 is 39.6. The van der Waals surface area contributed by atoms with E-state index in [0.29, 0.717) is 19.5 Å². The topological polar surface area (TPSA) is 32.3 Å². The summed E-state index contributed by atoms with van der Waals surface area (Å²) in [7, 11) is 0. The summed E-state index contributed by atoms with van der Waals surface area (Å²) in [6.07, 6.45) is -2.03. The van der Waals surface area contributed by atoms with Gasteiger partial charge in [0.05, 0.1) is 0 Å². The molecule has 0 radical (unpaired) electrons. The normalized spacial score (nSPS) is 29.3. The number of carbonyl (C=O) groups excluding carboxylic acids is 1. The number of nitrogens with zero attached hydrogens (tertiary/aromatic N) is 1. The van der Waals surface area contributed by atoms with Crippen molar-refractivity contribution in [1.82, 2.24) is 10.2 Å². The zero-order chi connectivity index (χ0) is 13.4. The number of alkyl halides is 3. The lowest BCUT2D eigenvalue weighted by Gasteiger charge is -2.36. The molecule has 1 atom stereocenters. The van der Waals surface area contributed by atoms with Crippen molar-refractivity contribution in [3.63, 3.8) is 0 Å². The molecule has 0 bridgehead atoms.